The lowest BCUT2D eigenvalue weighted by Gasteiger charge is -2.22. The molecule has 0 unspecified atom stereocenters. The van der Waals surface area contributed by atoms with Crippen LogP contribution in [0.5, 0.6) is 0 Å². The highest BCUT2D eigenvalue weighted by atomic mass is 32.1. The highest BCUT2D eigenvalue weighted by Crippen LogP contribution is 2.22. The molecule has 1 amide bonds. The van der Waals surface area contributed by atoms with E-state index in [-0.39, 0.29) is 0 Å². The Kier molecular flexibility index (Phi) is 4.95. The normalized spacial score (nSPS) is 21.2. The number of β-amino-alcohol motifs (C(OH)–C–C–N with tert-alkyl or cyclic N) is 1. The molecule has 3 N–H and O–H groups in total. The number of rotatable bonds is 4. The number of hydrogen-bond donors (Lipinski definition) is 2. The summed E-state index contributed by atoms with van der Waals surface area (Å²) in [5, 5.41) is 12.5. The van der Waals surface area contributed by atoms with Crippen LogP contribution in [0.2, 0.25) is 0 Å². The topological polar surface area (TPSA) is 82.7 Å². The lowest BCUT2D eigenvalue weighted by atomic mass is 10.2. The van der Waals surface area contributed by atoms with E-state index in [1.165, 1.54) is 11.3 Å². The van der Waals surface area contributed by atoms with Gasteiger partial charge in [-0.2, -0.15) is 0 Å². The van der Waals surface area contributed by atoms with Crippen molar-refractivity contribution in [1.82, 2.24) is 9.88 Å². The molecule has 112 valence electrons. The number of carbonyl (C=O) groups is 1. The maximum atomic E-state index is 11.1. The van der Waals surface area contributed by atoms with E-state index in [0.717, 1.165) is 24.8 Å². The Morgan fingerprint density at radius 2 is 2.30 bits per heavy atom. The summed E-state index contributed by atoms with van der Waals surface area (Å²) in [6.45, 7) is 8.25. The average molecular weight is 298 g/mol. The van der Waals surface area contributed by atoms with Gasteiger partial charge >= 0.3 is 0 Å². The molecular formula is C13H22N4O2S. The number of amides is 1. The Labute approximate surface area is 123 Å². The van der Waals surface area contributed by atoms with E-state index in [4.69, 9.17) is 5.73 Å². The summed E-state index contributed by atoms with van der Waals surface area (Å²) < 4.78 is 0. The molecule has 20 heavy (non-hydrogen) atoms. The molecule has 0 radical (unpaired) electrons. The molecule has 2 rings (SSSR count). The van der Waals surface area contributed by atoms with Crippen molar-refractivity contribution in [2.45, 2.75) is 20.0 Å². The van der Waals surface area contributed by atoms with Gasteiger partial charge in [0.25, 0.3) is 5.91 Å². The lowest BCUT2D eigenvalue weighted by Crippen LogP contribution is -2.35. The minimum absolute atomic E-state index is 0.294. The number of thiazole rings is 1. The van der Waals surface area contributed by atoms with Crippen molar-refractivity contribution in [1.29, 1.82) is 0 Å². The van der Waals surface area contributed by atoms with Gasteiger partial charge in [0.1, 0.15) is 5.69 Å². The third-order valence-corrected chi connectivity index (χ3v) is 4.13. The maximum absolute atomic E-state index is 11.1. The van der Waals surface area contributed by atoms with Gasteiger partial charge in [0, 0.05) is 38.1 Å². The molecule has 7 heteroatoms. The number of primary amides is 1. The molecule has 0 aromatic carbocycles. The van der Waals surface area contributed by atoms with Crippen LogP contribution in [-0.4, -0.2) is 59.7 Å². The van der Waals surface area contributed by atoms with Gasteiger partial charge in [-0.1, -0.05) is 13.8 Å². The van der Waals surface area contributed by atoms with Crippen LogP contribution in [-0.2, 0) is 0 Å². The zero-order chi connectivity index (χ0) is 14.7. The quantitative estimate of drug-likeness (QED) is 0.840. The number of hydrogen-bond acceptors (Lipinski definition) is 6. The number of aromatic nitrogens is 1. The molecule has 0 spiro atoms. The second kappa shape index (κ2) is 6.51. The van der Waals surface area contributed by atoms with E-state index in [1.54, 1.807) is 5.38 Å². The lowest BCUT2D eigenvalue weighted by molar-refractivity contribution is 0.0996. The molecule has 1 aromatic rings. The predicted molar refractivity (Wildman–Crippen MR) is 80.1 cm³/mol. The zero-order valence-electron chi connectivity index (χ0n) is 12.0. The number of nitrogens with zero attached hydrogens (tertiary/aromatic N) is 3. The summed E-state index contributed by atoms with van der Waals surface area (Å²) in [6, 6.07) is 0. The first-order chi connectivity index (χ1) is 9.45. The predicted octanol–water partition coefficient (Wildman–Crippen LogP) is 0.381. The highest BCUT2D eigenvalue weighted by molar-refractivity contribution is 7.13. The fraction of sp³-hybridized carbons (Fsp3) is 0.692. The highest BCUT2D eigenvalue weighted by Gasteiger charge is 2.23. The fourth-order valence-electron chi connectivity index (χ4n) is 2.43. The van der Waals surface area contributed by atoms with Gasteiger partial charge in [-0.05, 0) is 5.92 Å². The largest absolute Gasteiger partial charge is 0.390 e. The summed E-state index contributed by atoms with van der Waals surface area (Å²) in [5.41, 5.74) is 5.51. The van der Waals surface area contributed by atoms with Crippen LogP contribution < -0.4 is 10.6 Å². The molecule has 0 saturated carbocycles. The molecule has 1 fully saturated rings. The number of carbonyl (C=O) groups excluding carboxylic acids is 1. The van der Waals surface area contributed by atoms with Crippen LogP contribution in [0.15, 0.2) is 5.38 Å². The average Bonchev–Trinajstić information content (AvgIpc) is 2.76. The molecule has 2 heterocycles. The summed E-state index contributed by atoms with van der Waals surface area (Å²) in [5.74, 6) is 0.0689. The third kappa shape index (κ3) is 3.91. The van der Waals surface area contributed by atoms with Gasteiger partial charge in [-0.3, -0.25) is 9.69 Å². The first kappa shape index (κ1) is 15.2. The Balaban J connectivity index is 2.04. The van der Waals surface area contributed by atoms with Crippen molar-refractivity contribution < 1.29 is 9.90 Å². The molecule has 6 nitrogen and oxygen atoms in total. The zero-order valence-corrected chi connectivity index (χ0v) is 12.8. The van der Waals surface area contributed by atoms with Crippen LogP contribution in [0.1, 0.15) is 24.3 Å². The standard InChI is InChI=1S/C13H22N4O2S/c1-9(2)5-16-3-4-17(7-10(18)6-16)13-15-11(8-20-13)12(14)19/h8-10,18H,3-7H2,1-2H3,(H2,14,19)/t10-/m0/s1. The third-order valence-electron chi connectivity index (χ3n) is 3.22. The summed E-state index contributed by atoms with van der Waals surface area (Å²) in [4.78, 5) is 19.6. The molecule has 1 saturated heterocycles. The molecule has 1 aliphatic rings. The van der Waals surface area contributed by atoms with Gasteiger partial charge in [0.2, 0.25) is 0 Å². The molecule has 1 aliphatic heterocycles. The summed E-state index contributed by atoms with van der Waals surface area (Å²) in [7, 11) is 0. The number of anilines is 1. The van der Waals surface area contributed by atoms with Crippen LogP contribution in [0.3, 0.4) is 0 Å². The SMILES string of the molecule is CC(C)CN1CCN(c2nc(C(N)=O)cs2)C[C@@H](O)C1. The van der Waals surface area contributed by atoms with Crippen molar-refractivity contribution in [2.24, 2.45) is 11.7 Å². The first-order valence-corrected chi connectivity index (χ1v) is 7.74. The van der Waals surface area contributed by atoms with Crippen LogP contribution in [0.4, 0.5) is 5.13 Å². The van der Waals surface area contributed by atoms with Gasteiger partial charge in [0.15, 0.2) is 5.13 Å². The smallest absolute Gasteiger partial charge is 0.268 e. The monoisotopic (exact) mass is 298 g/mol. The van der Waals surface area contributed by atoms with Crippen molar-refractivity contribution in [3.8, 4) is 0 Å². The first-order valence-electron chi connectivity index (χ1n) is 6.86. The molecule has 0 aliphatic carbocycles. The second-order valence-electron chi connectivity index (χ2n) is 5.63. The van der Waals surface area contributed by atoms with Crippen molar-refractivity contribution >= 4 is 22.4 Å². The van der Waals surface area contributed by atoms with Crippen LogP contribution in [0.25, 0.3) is 0 Å². The van der Waals surface area contributed by atoms with E-state index >= 15 is 0 Å². The minimum Gasteiger partial charge on any atom is -0.390 e. The van der Waals surface area contributed by atoms with Gasteiger partial charge in [-0.15, -0.1) is 11.3 Å². The second-order valence-corrected chi connectivity index (χ2v) is 6.47. The van der Waals surface area contributed by atoms with Gasteiger partial charge < -0.3 is 15.7 Å². The van der Waals surface area contributed by atoms with E-state index in [1.807, 2.05) is 4.90 Å². The Morgan fingerprint density at radius 1 is 1.55 bits per heavy atom. The van der Waals surface area contributed by atoms with Gasteiger partial charge in [0.05, 0.1) is 6.10 Å². The number of nitrogens with two attached hydrogens (primary N) is 1. The van der Waals surface area contributed by atoms with Gasteiger partial charge in [-0.25, -0.2) is 4.98 Å². The van der Waals surface area contributed by atoms with Crippen molar-refractivity contribution in [3.05, 3.63) is 11.1 Å². The van der Waals surface area contributed by atoms with E-state index in [0.29, 0.717) is 24.7 Å². The molecular weight excluding hydrogens is 276 g/mol. The van der Waals surface area contributed by atoms with E-state index in [9.17, 15) is 9.90 Å². The van der Waals surface area contributed by atoms with Crippen LogP contribution >= 0.6 is 11.3 Å². The molecule has 1 aromatic heterocycles. The summed E-state index contributed by atoms with van der Waals surface area (Å²) >= 11 is 1.40. The molecule has 0 bridgehead atoms. The maximum Gasteiger partial charge on any atom is 0.268 e. The molecule has 1 atom stereocenters. The number of aliphatic hydroxyl groups excluding tert-OH is 1. The Hall–Kier alpha value is -1.18. The Bertz CT molecular complexity index is 463. The van der Waals surface area contributed by atoms with Crippen molar-refractivity contribution in [3.63, 3.8) is 0 Å². The van der Waals surface area contributed by atoms with E-state index in [2.05, 4.69) is 23.7 Å². The fourth-order valence-corrected chi connectivity index (χ4v) is 3.29. The summed E-state index contributed by atoms with van der Waals surface area (Å²) in [6.07, 6.45) is -0.405. The number of aliphatic hydroxyl groups is 1. The van der Waals surface area contributed by atoms with Crippen molar-refractivity contribution in [2.75, 3.05) is 37.6 Å². The van der Waals surface area contributed by atoms with Crippen LogP contribution in [0, 0.1) is 5.92 Å². The van der Waals surface area contributed by atoms with E-state index < -0.39 is 12.0 Å². The Morgan fingerprint density at radius 3 is 2.90 bits per heavy atom. The minimum atomic E-state index is -0.510.